The number of anilines is 1. The molecular formula is C20H21ClFN5O. The van der Waals surface area contributed by atoms with Gasteiger partial charge in [0.1, 0.15) is 12.2 Å². The number of carbonyl (C=O) groups excluding carboxylic acids is 1. The number of rotatable bonds is 4. The molecule has 1 amide bonds. The Bertz CT molecular complexity index is 932. The number of nitrogens with one attached hydrogen (secondary N) is 1. The van der Waals surface area contributed by atoms with Crippen LogP contribution in [0.3, 0.4) is 0 Å². The Morgan fingerprint density at radius 2 is 2.29 bits per heavy atom. The highest BCUT2D eigenvalue weighted by molar-refractivity contribution is 6.35. The van der Waals surface area contributed by atoms with Crippen LogP contribution in [0.25, 0.3) is 10.9 Å². The molecule has 6 nitrogen and oxygen atoms in total. The highest BCUT2D eigenvalue weighted by Crippen LogP contribution is 2.27. The molecule has 0 radical (unpaired) electrons. The van der Waals surface area contributed by atoms with Crippen molar-refractivity contribution in [3.8, 4) is 6.07 Å². The van der Waals surface area contributed by atoms with Crippen molar-refractivity contribution in [3.05, 3.63) is 35.5 Å². The zero-order valence-corrected chi connectivity index (χ0v) is 16.1. The molecule has 1 aromatic carbocycles. The summed E-state index contributed by atoms with van der Waals surface area (Å²) in [6.45, 7) is 1.72. The number of pyridine rings is 1. The molecule has 0 bridgehead atoms. The van der Waals surface area contributed by atoms with E-state index in [9.17, 15) is 9.18 Å². The van der Waals surface area contributed by atoms with Crippen molar-refractivity contribution in [3.63, 3.8) is 0 Å². The maximum atomic E-state index is 13.5. The average molecular weight is 402 g/mol. The van der Waals surface area contributed by atoms with Crippen LogP contribution in [0.4, 0.5) is 10.1 Å². The number of likely N-dealkylation sites (tertiary alicyclic amines) is 2. The topological polar surface area (TPSA) is 72.3 Å². The van der Waals surface area contributed by atoms with Crippen molar-refractivity contribution in [1.82, 2.24) is 14.8 Å². The van der Waals surface area contributed by atoms with E-state index < -0.39 is 12.2 Å². The normalized spacial score (nSPS) is 25.2. The zero-order valence-electron chi connectivity index (χ0n) is 15.3. The van der Waals surface area contributed by atoms with Crippen molar-refractivity contribution in [2.24, 2.45) is 0 Å². The number of hydrogen-bond acceptors (Lipinski definition) is 5. The van der Waals surface area contributed by atoms with Crippen molar-refractivity contribution in [2.45, 2.75) is 31.1 Å². The van der Waals surface area contributed by atoms with Crippen LogP contribution in [0.15, 0.2) is 30.5 Å². The first kappa shape index (κ1) is 18.9. The van der Waals surface area contributed by atoms with E-state index in [0.717, 1.165) is 29.6 Å². The standard InChI is InChI=1S/C20H21ClFN5O/c21-18-8-16(6-13-2-1-4-24-20(13)18)25-15-3-5-26(11-15)12-19(28)27-10-14(22)7-17(27)9-23/h1-2,4,6,8,14-15,17,25H,3,5,7,10-12H2/t14-,15+,17-/m0/s1. The van der Waals surface area contributed by atoms with Gasteiger partial charge in [0.25, 0.3) is 0 Å². The number of fused-ring (bicyclic) bond motifs is 1. The summed E-state index contributed by atoms with van der Waals surface area (Å²) in [5.41, 5.74) is 1.70. The number of benzene rings is 1. The van der Waals surface area contributed by atoms with Gasteiger partial charge in [0.15, 0.2) is 0 Å². The molecule has 2 saturated heterocycles. The fourth-order valence-electron chi connectivity index (χ4n) is 4.03. The number of aromatic nitrogens is 1. The second-order valence-corrected chi connectivity index (χ2v) is 7.83. The van der Waals surface area contributed by atoms with E-state index in [0.29, 0.717) is 11.6 Å². The van der Waals surface area contributed by atoms with Gasteiger partial charge in [-0.05, 0) is 24.6 Å². The predicted octanol–water partition coefficient (Wildman–Crippen LogP) is 2.84. The van der Waals surface area contributed by atoms with Crippen LogP contribution >= 0.6 is 11.6 Å². The minimum atomic E-state index is -1.10. The minimum absolute atomic E-state index is 0.0240. The Kier molecular flexibility index (Phi) is 5.33. The third-order valence-electron chi connectivity index (χ3n) is 5.38. The maximum Gasteiger partial charge on any atom is 0.237 e. The first-order chi connectivity index (χ1) is 13.5. The summed E-state index contributed by atoms with van der Waals surface area (Å²) in [7, 11) is 0. The second-order valence-electron chi connectivity index (χ2n) is 7.42. The lowest BCUT2D eigenvalue weighted by atomic mass is 10.1. The van der Waals surface area contributed by atoms with Crippen molar-refractivity contribution < 1.29 is 9.18 Å². The molecule has 2 aliphatic rings. The largest absolute Gasteiger partial charge is 0.381 e. The third kappa shape index (κ3) is 3.89. The number of nitriles is 1. The minimum Gasteiger partial charge on any atom is -0.381 e. The Hall–Kier alpha value is -2.43. The molecule has 1 aromatic heterocycles. The number of halogens is 2. The van der Waals surface area contributed by atoms with Crippen molar-refractivity contribution in [2.75, 3.05) is 31.5 Å². The predicted molar refractivity (Wildman–Crippen MR) is 106 cm³/mol. The number of hydrogen-bond donors (Lipinski definition) is 1. The molecule has 8 heteroatoms. The van der Waals surface area contributed by atoms with Gasteiger partial charge >= 0.3 is 0 Å². The van der Waals surface area contributed by atoms with Crippen LogP contribution in [0.5, 0.6) is 0 Å². The van der Waals surface area contributed by atoms with Crippen molar-refractivity contribution >= 4 is 34.1 Å². The van der Waals surface area contributed by atoms with Gasteiger partial charge in [-0.3, -0.25) is 14.7 Å². The summed E-state index contributed by atoms with van der Waals surface area (Å²) in [6.07, 6.45) is 1.62. The molecule has 146 valence electrons. The van der Waals surface area contributed by atoms with Gasteiger partial charge in [0.05, 0.1) is 29.7 Å². The summed E-state index contributed by atoms with van der Waals surface area (Å²) in [5.74, 6) is -0.174. The zero-order chi connectivity index (χ0) is 19.7. The van der Waals surface area contributed by atoms with Gasteiger partial charge in [-0.15, -0.1) is 0 Å². The number of nitrogens with zero attached hydrogens (tertiary/aromatic N) is 4. The molecule has 28 heavy (non-hydrogen) atoms. The van der Waals surface area contributed by atoms with E-state index >= 15 is 0 Å². The smallest absolute Gasteiger partial charge is 0.237 e. The SMILES string of the molecule is N#C[C@@H]1C[C@H](F)CN1C(=O)CN1CC[C@@H](Nc2cc(Cl)c3ncccc3c2)C1. The number of alkyl halides is 1. The van der Waals surface area contributed by atoms with E-state index in [1.165, 1.54) is 4.90 Å². The van der Waals surface area contributed by atoms with Crippen molar-refractivity contribution in [1.29, 1.82) is 5.26 Å². The molecule has 2 aromatic rings. The Morgan fingerprint density at radius 1 is 1.43 bits per heavy atom. The quantitative estimate of drug-likeness (QED) is 0.852. The van der Waals surface area contributed by atoms with Crippen LogP contribution in [0, 0.1) is 11.3 Å². The van der Waals surface area contributed by atoms with E-state index in [-0.39, 0.29) is 31.5 Å². The number of carbonyl (C=O) groups is 1. The molecule has 1 N–H and O–H groups in total. The number of amides is 1. The lowest BCUT2D eigenvalue weighted by molar-refractivity contribution is -0.132. The van der Waals surface area contributed by atoms with Gasteiger partial charge < -0.3 is 10.2 Å². The summed E-state index contributed by atoms with van der Waals surface area (Å²) in [6, 6.07) is 9.31. The maximum absolute atomic E-state index is 13.5. The van der Waals surface area contributed by atoms with Crippen LogP contribution < -0.4 is 5.32 Å². The van der Waals surface area contributed by atoms with E-state index in [4.69, 9.17) is 16.9 Å². The molecule has 3 heterocycles. The first-order valence-electron chi connectivity index (χ1n) is 9.40. The molecule has 0 aliphatic carbocycles. The van der Waals surface area contributed by atoms with E-state index in [1.54, 1.807) is 6.20 Å². The van der Waals surface area contributed by atoms with Crippen LogP contribution in [-0.4, -0.2) is 65.1 Å². The van der Waals surface area contributed by atoms with Gasteiger partial charge in [0.2, 0.25) is 5.91 Å². The summed E-state index contributed by atoms with van der Waals surface area (Å²) >= 11 is 6.34. The molecule has 2 aliphatic heterocycles. The van der Waals surface area contributed by atoms with Gasteiger partial charge in [-0.1, -0.05) is 17.7 Å². The monoisotopic (exact) mass is 401 g/mol. The first-order valence-corrected chi connectivity index (χ1v) is 9.77. The Labute approximate surface area is 167 Å². The van der Waals surface area contributed by atoms with E-state index in [1.807, 2.05) is 35.2 Å². The van der Waals surface area contributed by atoms with Gasteiger partial charge in [-0.25, -0.2) is 4.39 Å². The lowest BCUT2D eigenvalue weighted by Gasteiger charge is -2.23. The van der Waals surface area contributed by atoms with Crippen LogP contribution in [-0.2, 0) is 4.79 Å². The van der Waals surface area contributed by atoms with Gasteiger partial charge in [0, 0.05) is 42.8 Å². The molecule has 3 atom stereocenters. The van der Waals surface area contributed by atoms with Gasteiger partial charge in [-0.2, -0.15) is 5.26 Å². The molecule has 0 spiro atoms. The summed E-state index contributed by atoms with van der Waals surface area (Å²) in [4.78, 5) is 20.2. The fourth-order valence-corrected chi connectivity index (χ4v) is 4.30. The molecule has 2 fully saturated rings. The second kappa shape index (κ2) is 7.90. The van der Waals surface area contributed by atoms with Crippen LogP contribution in [0.1, 0.15) is 12.8 Å². The summed E-state index contributed by atoms with van der Waals surface area (Å²) in [5, 5.41) is 14.2. The third-order valence-corrected chi connectivity index (χ3v) is 5.67. The molecule has 0 saturated carbocycles. The highest BCUT2D eigenvalue weighted by Gasteiger charge is 2.36. The Balaban J connectivity index is 1.36. The molecular weight excluding hydrogens is 381 g/mol. The Morgan fingerprint density at radius 3 is 3.11 bits per heavy atom. The summed E-state index contributed by atoms with van der Waals surface area (Å²) < 4.78 is 13.5. The van der Waals surface area contributed by atoms with E-state index in [2.05, 4.69) is 10.3 Å². The average Bonchev–Trinajstić information content (AvgIpc) is 3.27. The van der Waals surface area contributed by atoms with Crippen LogP contribution in [0.2, 0.25) is 5.02 Å². The molecule has 4 rings (SSSR count). The highest BCUT2D eigenvalue weighted by atomic mass is 35.5. The fraction of sp³-hybridized carbons (Fsp3) is 0.450. The lowest BCUT2D eigenvalue weighted by Crippen LogP contribution is -2.42. The molecule has 0 unspecified atom stereocenters.